The molecular weight excluding hydrogens is 326 g/mol. The van der Waals surface area contributed by atoms with Gasteiger partial charge in [0.05, 0.1) is 20.1 Å². The molecule has 1 atom stereocenters. The number of halogens is 1. The Labute approximate surface area is 135 Å². The highest BCUT2D eigenvalue weighted by atomic mass is 35.5. The van der Waals surface area contributed by atoms with Crippen LogP contribution in [0.25, 0.3) is 10.2 Å². The molecule has 1 saturated heterocycles. The highest BCUT2D eigenvalue weighted by Gasteiger charge is 2.28. The fraction of sp³-hybridized carbons (Fsp3) is 0.357. The molecule has 2 N–H and O–H groups in total. The highest BCUT2D eigenvalue weighted by Crippen LogP contribution is 2.31. The van der Waals surface area contributed by atoms with Crippen LogP contribution >= 0.6 is 22.9 Å². The molecular formula is C14H14ClN3O3S. The van der Waals surface area contributed by atoms with E-state index in [9.17, 15) is 9.59 Å². The van der Waals surface area contributed by atoms with E-state index >= 15 is 0 Å². The summed E-state index contributed by atoms with van der Waals surface area (Å²) in [4.78, 5) is 29.6. The van der Waals surface area contributed by atoms with Crippen LogP contribution in [0.5, 0.6) is 0 Å². The lowest BCUT2D eigenvalue weighted by Gasteiger charge is -2.15. The van der Waals surface area contributed by atoms with E-state index in [0.717, 1.165) is 16.6 Å². The lowest BCUT2D eigenvalue weighted by atomic mass is 10.1. The van der Waals surface area contributed by atoms with Crippen molar-refractivity contribution in [1.82, 2.24) is 15.2 Å². The van der Waals surface area contributed by atoms with Crippen molar-refractivity contribution in [3.8, 4) is 0 Å². The Morgan fingerprint density at radius 2 is 2.36 bits per heavy atom. The molecule has 3 rings (SSSR count). The van der Waals surface area contributed by atoms with Crippen LogP contribution in [0, 0.1) is 5.92 Å². The number of carboxylic acid groups (broad SMARTS) is 1. The number of carbonyl (C=O) groups excluding carboxylic acids is 1. The minimum atomic E-state index is -1.03. The van der Waals surface area contributed by atoms with Crippen molar-refractivity contribution in [2.45, 2.75) is 6.42 Å². The summed E-state index contributed by atoms with van der Waals surface area (Å²) in [6.07, 6.45) is 1.39. The number of thiophene rings is 1. The molecule has 1 unspecified atom stereocenters. The third-order valence-corrected chi connectivity index (χ3v) is 5.26. The molecule has 1 aliphatic rings. The van der Waals surface area contributed by atoms with Crippen LogP contribution < -0.4 is 5.32 Å². The number of hydrogen-bond acceptors (Lipinski definition) is 4. The molecule has 0 aliphatic carbocycles. The number of rotatable bonds is 3. The minimum Gasteiger partial charge on any atom is -0.465 e. The number of nitrogens with one attached hydrogen (secondary N) is 1. The maximum Gasteiger partial charge on any atom is 0.404 e. The molecule has 0 bridgehead atoms. The summed E-state index contributed by atoms with van der Waals surface area (Å²) in [6.45, 7) is 1.58. The molecule has 6 nitrogen and oxygen atoms in total. The lowest BCUT2D eigenvalue weighted by Crippen LogP contribution is -2.32. The summed E-state index contributed by atoms with van der Waals surface area (Å²) in [6, 6.07) is 3.47. The van der Waals surface area contributed by atoms with E-state index in [1.807, 2.05) is 0 Å². The Hall–Kier alpha value is -1.86. The Kier molecular flexibility index (Phi) is 4.17. The van der Waals surface area contributed by atoms with Gasteiger partial charge in [0.15, 0.2) is 0 Å². The van der Waals surface area contributed by atoms with Crippen LogP contribution in [-0.2, 0) is 0 Å². The van der Waals surface area contributed by atoms with Crippen molar-refractivity contribution in [2.75, 3.05) is 19.6 Å². The predicted octanol–water partition coefficient (Wildman–Crippen LogP) is 2.68. The third-order valence-electron chi connectivity index (χ3n) is 3.69. The van der Waals surface area contributed by atoms with E-state index in [2.05, 4.69) is 10.3 Å². The summed E-state index contributed by atoms with van der Waals surface area (Å²) in [7, 11) is 0. The van der Waals surface area contributed by atoms with Gasteiger partial charge in [0, 0.05) is 25.8 Å². The summed E-state index contributed by atoms with van der Waals surface area (Å²) in [5.74, 6) is 0.119. The predicted molar refractivity (Wildman–Crippen MR) is 84.7 cm³/mol. The monoisotopic (exact) mass is 339 g/mol. The number of nitrogens with zero attached hydrogens (tertiary/aromatic N) is 2. The topological polar surface area (TPSA) is 82.5 Å². The molecule has 1 fully saturated rings. The number of aromatic nitrogens is 1. The van der Waals surface area contributed by atoms with Crippen LogP contribution in [0.15, 0.2) is 18.3 Å². The number of carbonyl (C=O) groups is 2. The molecule has 0 aromatic carbocycles. The minimum absolute atomic E-state index is 0.0445. The molecule has 2 aromatic rings. The van der Waals surface area contributed by atoms with Crippen molar-refractivity contribution >= 4 is 45.2 Å². The number of amides is 2. The molecule has 1 aliphatic heterocycles. The van der Waals surface area contributed by atoms with Crippen molar-refractivity contribution < 1.29 is 14.7 Å². The first-order chi connectivity index (χ1) is 10.5. The Morgan fingerprint density at radius 3 is 3.09 bits per heavy atom. The third kappa shape index (κ3) is 3.00. The standard InChI is InChI=1S/C14H14ClN3O3S/c15-9-1-3-16-10-5-11(22-12(9)10)13(19)18-4-2-8(7-18)6-17-14(20)21/h1,3,5,8,17H,2,4,6-7H2,(H,20,21). The van der Waals surface area contributed by atoms with Gasteiger partial charge < -0.3 is 15.3 Å². The molecule has 22 heavy (non-hydrogen) atoms. The van der Waals surface area contributed by atoms with Gasteiger partial charge >= 0.3 is 6.09 Å². The van der Waals surface area contributed by atoms with E-state index in [1.165, 1.54) is 11.3 Å². The van der Waals surface area contributed by atoms with Crippen molar-refractivity contribution in [3.63, 3.8) is 0 Å². The molecule has 2 amide bonds. The second-order valence-electron chi connectivity index (χ2n) is 5.21. The number of pyridine rings is 1. The normalized spacial score (nSPS) is 17.9. The molecule has 0 radical (unpaired) electrons. The number of likely N-dealkylation sites (tertiary alicyclic amines) is 1. The zero-order valence-electron chi connectivity index (χ0n) is 11.6. The van der Waals surface area contributed by atoms with Gasteiger partial charge in [-0.2, -0.15) is 0 Å². The van der Waals surface area contributed by atoms with Crippen molar-refractivity contribution in [2.24, 2.45) is 5.92 Å². The van der Waals surface area contributed by atoms with Crippen LogP contribution in [0.1, 0.15) is 16.1 Å². The highest BCUT2D eigenvalue weighted by molar-refractivity contribution is 7.21. The van der Waals surface area contributed by atoms with Crippen LogP contribution in [-0.4, -0.2) is 46.6 Å². The summed E-state index contributed by atoms with van der Waals surface area (Å²) >= 11 is 7.45. The number of hydrogen-bond donors (Lipinski definition) is 2. The van der Waals surface area contributed by atoms with E-state index in [1.54, 1.807) is 23.2 Å². The first-order valence-electron chi connectivity index (χ1n) is 6.84. The Morgan fingerprint density at radius 1 is 1.55 bits per heavy atom. The van der Waals surface area contributed by atoms with E-state index < -0.39 is 6.09 Å². The van der Waals surface area contributed by atoms with Gasteiger partial charge in [0.2, 0.25) is 0 Å². The fourth-order valence-corrected chi connectivity index (χ4v) is 3.84. The maximum atomic E-state index is 12.5. The smallest absolute Gasteiger partial charge is 0.404 e. The summed E-state index contributed by atoms with van der Waals surface area (Å²) in [5.41, 5.74) is 0.726. The van der Waals surface area contributed by atoms with Crippen molar-refractivity contribution in [3.05, 3.63) is 28.2 Å². The van der Waals surface area contributed by atoms with Crippen LogP contribution in [0.4, 0.5) is 4.79 Å². The van der Waals surface area contributed by atoms with E-state index in [4.69, 9.17) is 16.7 Å². The lowest BCUT2D eigenvalue weighted by molar-refractivity contribution is 0.0792. The molecule has 116 valence electrons. The largest absolute Gasteiger partial charge is 0.465 e. The van der Waals surface area contributed by atoms with Gasteiger partial charge in [0.25, 0.3) is 5.91 Å². The van der Waals surface area contributed by atoms with Gasteiger partial charge in [-0.05, 0) is 24.5 Å². The Balaban J connectivity index is 1.71. The maximum absolute atomic E-state index is 12.5. The summed E-state index contributed by atoms with van der Waals surface area (Å²) < 4.78 is 0.816. The van der Waals surface area contributed by atoms with E-state index in [-0.39, 0.29) is 11.8 Å². The fourth-order valence-electron chi connectivity index (χ4n) is 2.58. The average molecular weight is 340 g/mol. The second kappa shape index (κ2) is 6.10. The van der Waals surface area contributed by atoms with Crippen molar-refractivity contribution in [1.29, 1.82) is 0 Å². The number of fused-ring (bicyclic) bond motifs is 1. The molecule has 3 heterocycles. The van der Waals surface area contributed by atoms with Gasteiger partial charge in [-0.3, -0.25) is 9.78 Å². The van der Waals surface area contributed by atoms with Gasteiger partial charge in [-0.25, -0.2) is 4.79 Å². The SMILES string of the molecule is O=C(O)NCC1CCN(C(=O)c2cc3nccc(Cl)c3s2)C1. The van der Waals surface area contributed by atoms with E-state index in [0.29, 0.717) is 29.5 Å². The average Bonchev–Trinajstić information content (AvgIpc) is 3.12. The van der Waals surface area contributed by atoms with Gasteiger partial charge in [-0.1, -0.05) is 11.6 Å². The van der Waals surface area contributed by atoms with Crippen LogP contribution in [0.2, 0.25) is 5.02 Å². The zero-order chi connectivity index (χ0) is 15.7. The van der Waals surface area contributed by atoms with Crippen LogP contribution in [0.3, 0.4) is 0 Å². The molecule has 8 heteroatoms. The van der Waals surface area contributed by atoms with Gasteiger partial charge in [-0.15, -0.1) is 11.3 Å². The summed E-state index contributed by atoms with van der Waals surface area (Å²) in [5, 5.41) is 11.6. The molecule has 0 saturated carbocycles. The quantitative estimate of drug-likeness (QED) is 0.900. The van der Waals surface area contributed by atoms with Gasteiger partial charge in [0.1, 0.15) is 0 Å². The first-order valence-corrected chi connectivity index (χ1v) is 8.04. The second-order valence-corrected chi connectivity index (χ2v) is 6.67. The molecule has 2 aromatic heterocycles. The Bertz CT molecular complexity index is 733. The molecule has 0 spiro atoms. The zero-order valence-corrected chi connectivity index (χ0v) is 13.2. The first kappa shape index (κ1) is 15.1.